The summed E-state index contributed by atoms with van der Waals surface area (Å²) in [7, 11) is 0.293. The molecule has 5 nitrogen and oxygen atoms in total. The molecule has 0 spiro atoms. The molecule has 0 atom stereocenters. The first kappa shape index (κ1) is 16.9. The molecule has 0 heterocycles. The van der Waals surface area contributed by atoms with E-state index in [0.29, 0.717) is 12.1 Å². The standard InChI is InChI=1S/C13H22FN3O2S/c1-10-8-11(14)12(15)9-13(10)20(18,19)16-6-4-5-7-17(2)3/h8-9,16H,4-7,15H2,1-3H3. The Hall–Kier alpha value is -1.18. The van der Waals surface area contributed by atoms with Crippen LogP contribution in [0.15, 0.2) is 17.0 Å². The summed E-state index contributed by atoms with van der Waals surface area (Å²) in [6.07, 6.45) is 1.65. The van der Waals surface area contributed by atoms with E-state index in [1.807, 2.05) is 19.0 Å². The molecule has 1 aromatic carbocycles. The summed E-state index contributed by atoms with van der Waals surface area (Å²) in [6.45, 7) is 2.81. The van der Waals surface area contributed by atoms with Gasteiger partial charge in [-0.25, -0.2) is 17.5 Å². The first-order valence-corrected chi connectivity index (χ1v) is 7.92. The molecule has 3 N–H and O–H groups in total. The van der Waals surface area contributed by atoms with Crippen LogP contribution in [0.2, 0.25) is 0 Å². The fourth-order valence-electron chi connectivity index (χ4n) is 1.80. The second kappa shape index (κ2) is 7.01. The normalized spacial score (nSPS) is 12.1. The SMILES string of the molecule is Cc1cc(F)c(N)cc1S(=O)(=O)NCCCCN(C)C. The zero-order valence-electron chi connectivity index (χ0n) is 12.1. The maximum atomic E-state index is 13.2. The number of sulfonamides is 1. The number of benzene rings is 1. The molecule has 1 rings (SSSR count). The van der Waals surface area contributed by atoms with Gasteiger partial charge in [0.1, 0.15) is 5.82 Å². The number of nitrogens with one attached hydrogen (secondary N) is 1. The van der Waals surface area contributed by atoms with Crippen molar-refractivity contribution in [3.8, 4) is 0 Å². The van der Waals surface area contributed by atoms with Gasteiger partial charge in [-0.05, 0) is 58.1 Å². The molecule has 0 aliphatic rings. The average Bonchev–Trinajstić information content (AvgIpc) is 2.32. The van der Waals surface area contributed by atoms with Crippen molar-refractivity contribution < 1.29 is 12.8 Å². The first-order valence-electron chi connectivity index (χ1n) is 6.44. The summed E-state index contributed by atoms with van der Waals surface area (Å²) < 4.78 is 40.0. The Morgan fingerprint density at radius 2 is 1.95 bits per heavy atom. The molecule has 0 radical (unpaired) electrons. The summed E-state index contributed by atoms with van der Waals surface area (Å²) in [6, 6.07) is 2.29. The van der Waals surface area contributed by atoms with Crippen molar-refractivity contribution >= 4 is 15.7 Å². The topological polar surface area (TPSA) is 75.4 Å². The molecule has 0 fully saturated rings. The summed E-state index contributed by atoms with van der Waals surface area (Å²) in [5.41, 5.74) is 5.60. The summed E-state index contributed by atoms with van der Waals surface area (Å²) in [5.74, 6) is -0.604. The van der Waals surface area contributed by atoms with Crippen molar-refractivity contribution in [1.29, 1.82) is 0 Å². The molecule has 0 aromatic heterocycles. The summed E-state index contributed by atoms with van der Waals surface area (Å²) in [5, 5.41) is 0. The number of hydrogen-bond donors (Lipinski definition) is 2. The fraction of sp³-hybridized carbons (Fsp3) is 0.538. The lowest BCUT2D eigenvalue weighted by molar-refractivity contribution is 0.394. The van der Waals surface area contributed by atoms with Gasteiger partial charge in [0.05, 0.1) is 10.6 Å². The Morgan fingerprint density at radius 3 is 2.55 bits per heavy atom. The molecule has 0 aliphatic carbocycles. The molecule has 20 heavy (non-hydrogen) atoms. The van der Waals surface area contributed by atoms with E-state index >= 15 is 0 Å². The largest absolute Gasteiger partial charge is 0.396 e. The van der Waals surface area contributed by atoms with Gasteiger partial charge >= 0.3 is 0 Å². The molecule has 0 unspecified atom stereocenters. The molecule has 114 valence electrons. The number of aryl methyl sites for hydroxylation is 1. The van der Waals surface area contributed by atoms with E-state index in [4.69, 9.17) is 5.73 Å². The van der Waals surface area contributed by atoms with Gasteiger partial charge in [0, 0.05) is 6.54 Å². The van der Waals surface area contributed by atoms with Crippen LogP contribution in [-0.4, -0.2) is 40.5 Å². The number of nitrogens with zero attached hydrogens (tertiary/aromatic N) is 1. The van der Waals surface area contributed by atoms with Crippen LogP contribution in [-0.2, 0) is 10.0 Å². The van der Waals surface area contributed by atoms with E-state index in [9.17, 15) is 12.8 Å². The van der Waals surface area contributed by atoms with Crippen molar-refractivity contribution in [1.82, 2.24) is 9.62 Å². The van der Waals surface area contributed by atoms with Gasteiger partial charge in [-0.1, -0.05) is 0 Å². The van der Waals surface area contributed by atoms with Crippen LogP contribution < -0.4 is 10.5 Å². The number of halogens is 1. The van der Waals surface area contributed by atoms with Crippen molar-refractivity contribution in [2.75, 3.05) is 32.9 Å². The Morgan fingerprint density at radius 1 is 1.30 bits per heavy atom. The number of nitrogens with two attached hydrogens (primary N) is 1. The zero-order chi connectivity index (χ0) is 15.3. The lowest BCUT2D eigenvalue weighted by atomic mass is 10.2. The van der Waals surface area contributed by atoms with Gasteiger partial charge < -0.3 is 10.6 Å². The molecule has 7 heteroatoms. The van der Waals surface area contributed by atoms with Gasteiger partial charge in [-0.3, -0.25) is 0 Å². The Kier molecular flexibility index (Phi) is 5.91. The third-order valence-corrected chi connectivity index (χ3v) is 4.51. The van der Waals surface area contributed by atoms with Gasteiger partial charge in [-0.15, -0.1) is 0 Å². The van der Waals surface area contributed by atoms with Gasteiger partial charge in [0.2, 0.25) is 10.0 Å². The first-order chi connectivity index (χ1) is 9.24. The van der Waals surface area contributed by atoms with Crippen LogP contribution in [0.1, 0.15) is 18.4 Å². The summed E-state index contributed by atoms with van der Waals surface area (Å²) >= 11 is 0. The zero-order valence-corrected chi connectivity index (χ0v) is 12.9. The van der Waals surface area contributed by atoms with Crippen LogP contribution >= 0.6 is 0 Å². The molecule has 0 amide bonds. The third-order valence-electron chi connectivity index (χ3n) is 2.91. The molecule has 1 aromatic rings. The smallest absolute Gasteiger partial charge is 0.240 e. The summed E-state index contributed by atoms with van der Waals surface area (Å²) in [4.78, 5) is 2.07. The Bertz CT molecular complexity index is 559. The van der Waals surface area contributed by atoms with Gasteiger partial charge in [0.25, 0.3) is 0 Å². The minimum atomic E-state index is -3.64. The predicted molar refractivity (Wildman–Crippen MR) is 78.5 cm³/mol. The van der Waals surface area contributed by atoms with E-state index in [2.05, 4.69) is 4.72 Å². The monoisotopic (exact) mass is 303 g/mol. The van der Waals surface area contributed by atoms with Crippen molar-refractivity contribution in [2.24, 2.45) is 0 Å². The van der Waals surface area contributed by atoms with E-state index in [-0.39, 0.29) is 10.6 Å². The number of unbranched alkanes of at least 4 members (excludes halogenated alkanes) is 1. The number of hydrogen-bond acceptors (Lipinski definition) is 4. The van der Waals surface area contributed by atoms with Gasteiger partial charge in [0.15, 0.2) is 0 Å². The highest BCUT2D eigenvalue weighted by molar-refractivity contribution is 7.89. The number of rotatable bonds is 7. The lowest BCUT2D eigenvalue weighted by Crippen LogP contribution is -2.26. The van der Waals surface area contributed by atoms with Gasteiger partial charge in [-0.2, -0.15) is 0 Å². The minimum Gasteiger partial charge on any atom is -0.396 e. The highest BCUT2D eigenvalue weighted by atomic mass is 32.2. The minimum absolute atomic E-state index is 0.0315. The van der Waals surface area contributed by atoms with Crippen molar-refractivity contribution in [3.63, 3.8) is 0 Å². The van der Waals surface area contributed by atoms with Crippen molar-refractivity contribution in [3.05, 3.63) is 23.5 Å². The highest BCUT2D eigenvalue weighted by Gasteiger charge is 2.18. The number of nitrogen functional groups attached to an aromatic ring is 1. The second-order valence-electron chi connectivity index (χ2n) is 5.05. The Labute approximate surface area is 120 Å². The highest BCUT2D eigenvalue weighted by Crippen LogP contribution is 2.21. The Balaban J connectivity index is 2.68. The molecule has 0 bridgehead atoms. The van der Waals surface area contributed by atoms with Crippen LogP contribution in [0.5, 0.6) is 0 Å². The molecular weight excluding hydrogens is 281 g/mol. The van der Waals surface area contributed by atoms with E-state index in [1.165, 1.54) is 0 Å². The fourth-order valence-corrected chi connectivity index (χ4v) is 3.13. The molecule has 0 saturated heterocycles. The predicted octanol–water partition coefficient (Wildman–Crippen LogP) is 1.34. The van der Waals surface area contributed by atoms with E-state index < -0.39 is 15.8 Å². The average molecular weight is 303 g/mol. The maximum Gasteiger partial charge on any atom is 0.240 e. The molecule has 0 saturated carbocycles. The molecule has 0 aliphatic heterocycles. The maximum absolute atomic E-state index is 13.2. The quantitative estimate of drug-likeness (QED) is 0.589. The van der Waals surface area contributed by atoms with Crippen LogP contribution in [0.25, 0.3) is 0 Å². The third kappa shape index (κ3) is 4.73. The van der Waals surface area contributed by atoms with Crippen LogP contribution in [0.3, 0.4) is 0 Å². The lowest BCUT2D eigenvalue weighted by Gasteiger charge is -2.12. The number of anilines is 1. The van der Waals surface area contributed by atoms with E-state index in [0.717, 1.165) is 31.5 Å². The molecular formula is C13H22FN3O2S. The van der Waals surface area contributed by atoms with Crippen LogP contribution in [0, 0.1) is 12.7 Å². The second-order valence-corrected chi connectivity index (χ2v) is 6.78. The van der Waals surface area contributed by atoms with E-state index in [1.54, 1.807) is 6.92 Å². The van der Waals surface area contributed by atoms with Crippen molar-refractivity contribution in [2.45, 2.75) is 24.7 Å². The van der Waals surface area contributed by atoms with Crippen LogP contribution in [0.4, 0.5) is 10.1 Å².